The normalized spacial score (nSPS) is 27.7. The minimum absolute atomic E-state index is 0.0278. The summed E-state index contributed by atoms with van der Waals surface area (Å²) in [5.41, 5.74) is 5.89. The molecule has 2 atom stereocenters. The van der Waals surface area contributed by atoms with Crippen LogP contribution in [0.3, 0.4) is 0 Å². The van der Waals surface area contributed by atoms with Gasteiger partial charge < -0.3 is 10.6 Å². The Hall–Kier alpha value is -0.430. The second-order valence-corrected chi connectivity index (χ2v) is 7.80. The summed E-state index contributed by atoms with van der Waals surface area (Å²) >= 11 is 1.73. The predicted octanol–water partition coefficient (Wildman–Crippen LogP) is 0.347. The lowest BCUT2D eigenvalue weighted by atomic mass is 10.1. The first kappa shape index (κ1) is 13.0. The van der Waals surface area contributed by atoms with Crippen molar-refractivity contribution in [2.45, 2.75) is 18.5 Å². The van der Waals surface area contributed by atoms with Crippen LogP contribution in [0.4, 0.5) is 0 Å². The van der Waals surface area contributed by atoms with E-state index in [0.29, 0.717) is 0 Å². The molecule has 6 heteroatoms. The van der Waals surface area contributed by atoms with Crippen LogP contribution in [0.15, 0.2) is 17.5 Å². The van der Waals surface area contributed by atoms with Gasteiger partial charge in [0, 0.05) is 23.5 Å². The maximum atomic E-state index is 11.5. The first-order valence-corrected chi connectivity index (χ1v) is 8.37. The predicted molar refractivity (Wildman–Crippen MR) is 71.1 cm³/mol. The molecule has 2 rings (SSSR count). The molecular weight excluding hydrogens is 256 g/mol. The number of nitrogens with two attached hydrogens (primary N) is 1. The zero-order chi connectivity index (χ0) is 12.5. The third-order valence-electron chi connectivity index (χ3n) is 3.22. The van der Waals surface area contributed by atoms with E-state index in [2.05, 4.69) is 16.3 Å². The number of thiophene rings is 1. The first-order chi connectivity index (χ1) is 7.98. The molecule has 0 spiro atoms. The van der Waals surface area contributed by atoms with E-state index in [-0.39, 0.29) is 23.6 Å². The Balaban J connectivity index is 1.90. The average molecular weight is 274 g/mol. The van der Waals surface area contributed by atoms with Crippen LogP contribution >= 0.6 is 11.3 Å². The summed E-state index contributed by atoms with van der Waals surface area (Å²) in [6.07, 6.45) is 0.956. The third kappa shape index (κ3) is 3.28. The molecule has 1 aromatic heterocycles. The van der Waals surface area contributed by atoms with Crippen LogP contribution in [-0.2, 0) is 16.3 Å². The maximum absolute atomic E-state index is 11.5. The number of hydrogen-bond acceptors (Lipinski definition) is 5. The molecule has 1 aliphatic heterocycles. The molecule has 0 aromatic carbocycles. The Kier molecular flexibility index (Phi) is 3.87. The fourth-order valence-corrected chi connectivity index (χ4v) is 4.88. The van der Waals surface area contributed by atoms with E-state index in [1.807, 2.05) is 13.1 Å². The molecule has 1 saturated heterocycles. The maximum Gasteiger partial charge on any atom is 0.153 e. The van der Waals surface area contributed by atoms with Crippen LogP contribution in [0.25, 0.3) is 0 Å². The summed E-state index contributed by atoms with van der Waals surface area (Å²) in [5.74, 6) is 0.329. The van der Waals surface area contributed by atoms with Gasteiger partial charge in [-0.3, -0.25) is 0 Å². The summed E-state index contributed by atoms with van der Waals surface area (Å²) in [6.45, 7) is 0.856. The van der Waals surface area contributed by atoms with Crippen LogP contribution in [0.1, 0.15) is 4.88 Å². The number of nitrogens with zero attached hydrogens (tertiary/aromatic N) is 1. The van der Waals surface area contributed by atoms with Gasteiger partial charge >= 0.3 is 0 Å². The van der Waals surface area contributed by atoms with Crippen LogP contribution < -0.4 is 5.73 Å². The smallest absolute Gasteiger partial charge is 0.153 e. The molecular formula is C11H18N2O2S2. The topological polar surface area (TPSA) is 63.4 Å². The number of sulfone groups is 1. The third-order valence-corrected chi connectivity index (χ3v) is 5.90. The zero-order valence-corrected chi connectivity index (χ0v) is 11.5. The van der Waals surface area contributed by atoms with Crippen molar-refractivity contribution < 1.29 is 8.42 Å². The standard InChI is InChI=1S/C11H18N2O2S2/c1-13(5-4-9-3-2-6-16-9)11-8-17(14,15)7-10(11)12/h2-3,6,10-11H,4-5,7-8,12H2,1H3. The summed E-state index contributed by atoms with van der Waals surface area (Å²) in [6, 6.07) is 3.86. The Labute approximate surface area is 106 Å². The van der Waals surface area contributed by atoms with Gasteiger partial charge in [0.05, 0.1) is 11.5 Å². The first-order valence-electron chi connectivity index (χ1n) is 5.66. The lowest BCUT2D eigenvalue weighted by Crippen LogP contribution is -2.45. The van der Waals surface area contributed by atoms with E-state index in [1.165, 1.54) is 4.88 Å². The highest BCUT2D eigenvalue weighted by molar-refractivity contribution is 7.91. The minimum Gasteiger partial charge on any atom is -0.325 e. The van der Waals surface area contributed by atoms with Crippen molar-refractivity contribution >= 4 is 21.2 Å². The molecule has 96 valence electrons. The van der Waals surface area contributed by atoms with Gasteiger partial charge in [-0.15, -0.1) is 11.3 Å². The Bertz CT molecular complexity index is 456. The molecule has 1 aliphatic rings. The molecule has 1 fully saturated rings. The van der Waals surface area contributed by atoms with Crippen LogP contribution in [0.2, 0.25) is 0 Å². The van der Waals surface area contributed by atoms with Gasteiger partial charge in [-0.2, -0.15) is 0 Å². The van der Waals surface area contributed by atoms with E-state index >= 15 is 0 Å². The molecule has 2 N–H and O–H groups in total. The quantitative estimate of drug-likeness (QED) is 0.860. The highest BCUT2D eigenvalue weighted by atomic mass is 32.2. The summed E-state index contributed by atoms with van der Waals surface area (Å²) in [7, 11) is -0.969. The van der Waals surface area contributed by atoms with Gasteiger partial charge in [-0.05, 0) is 24.9 Å². The minimum atomic E-state index is -2.93. The molecule has 0 amide bonds. The number of rotatable bonds is 4. The number of hydrogen-bond donors (Lipinski definition) is 1. The second kappa shape index (κ2) is 5.06. The lowest BCUT2D eigenvalue weighted by Gasteiger charge is -2.26. The van der Waals surface area contributed by atoms with Gasteiger partial charge in [0.1, 0.15) is 0 Å². The molecule has 0 saturated carbocycles. The molecule has 0 aliphatic carbocycles. The highest BCUT2D eigenvalue weighted by Crippen LogP contribution is 2.17. The zero-order valence-electron chi connectivity index (χ0n) is 9.87. The molecule has 2 unspecified atom stereocenters. The highest BCUT2D eigenvalue weighted by Gasteiger charge is 2.37. The molecule has 1 aromatic rings. The summed E-state index contributed by atoms with van der Waals surface area (Å²) < 4.78 is 23.0. The van der Waals surface area contributed by atoms with Gasteiger partial charge in [-0.25, -0.2) is 8.42 Å². The fourth-order valence-electron chi connectivity index (χ4n) is 2.22. The van der Waals surface area contributed by atoms with Crippen LogP contribution in [0, 0.1) is 0 Å². The fraction of sp³-hybridized carbons (Fsp3) is 0.636. The van der Waals surface area contributed by atoms with Crippen LogP contribution in [-0.4, -0.2) is 50.5 Å². The lowest BCUT2D eigenvalue weighted by molar-refractivity contribution is 0.247. The number of likely N-dealkylation sites (N-methyl/N-ethyl adjacent to an activating group) is 1. The van der Waals surface area contributed by atoms with Crippen molar-refractivity contribution in [3.63, 3.8) is 0 Å². The van der Waals surface area contributed by atoms with Gasteiger partial charge in [0.25, 0.3) is 0 Å². The molecule has 17 heavy (non-hydrogen) atoms. The van der Waals surface area contributed by atoms with Crippen molar-refractivity contribution in [1.82, 2.24) is 4.90 Å². The largest absolute Gasteiger partial charge is 0.325 e. The van der Waals surface area contributed by atoms with Crippen molar-refractivity contribution in [3.05, 3.63) is 22.4 Å². The van der Waals surface area contributed by atoms with E-state index < -0.39 is 9.84 Å². The average Bonchev–Trinajstić information content (AvgIpc) is 2.82. The van der Waals surface area contributed by atoms with Crippen molar-refractivity contribution in [2.75, 3.05) is 25.1 Å². The summed E-state index contributed by atoms with van der Waals surface area (Å²) in [4.78, 5) is 3.40. The Morgan fingerprint density at radius 2 is 2.29 bits per heavy atom. The van der Waals surface area contributed by atoms with Gasteiger partial charge in [-0.1, -0.05) is 6.07 Å². The Morgan fingerprint density at radius 3 is 2.82 bits per heavy atom. The van der Waals surface area contributed by atoms with E-state index in [4.69, 9.17) is 5.73 Å². The second-order valence-electron chi connectivity index (χ2n) is 4.62. The summed E-state index contributed by atoms with van der Waals surface area (Å²) in [5, 5.41) is 2.06. The van der Waals surface area contributed by atoms with Gasteiger partial charge in [0.15, 0.2) is 9.84 Å². The van der Waals surface area contributed by atoms with Crippen molar-refractivity contribution in [3.8, 4) is 0 Å². The molecule has 0 radical (unpaired) electrons. The van der Waals surface area contributed by atoms with E-state index in [0.717, 1.165) is 13.0 Å². The Morgan fingerprint density at radius 1 is 1.53 bits per heavy atom. The molecule has 2 heterocycles. The SMILES string of the molecule is CN(CCc1cccs1)C1CS(=O)(=O)CC1N. The van der Waals surface area contributed by atoms with Gasteiger partial charge in [0.2, 0.25) is 0 Å². The monoisotopic (exact) mass is 274 g/mol. The molecule has 0 bridgehead atoms. The molecule has 4 nitrogen and oxygen atoms in total. The van der Waals surface area contributed by atoms with E-state index in [9.17, 15) is 8.42 Å². The van der Waals surface area contributed by atoms with Crippen LogP contribution in [0.5, 0.6) is 0 Å². The van der Waals surface area contributed by atoms with E-state index in [1.54, 1.807) is 11.3 Å². The van der Waals surface area contributed by atoms with Crippen molar-refractivity contribution in [2.24, 2.45) is 5.73 Å². The van der Waals surface area contributed by atoms with Crippen molar-refractivity contribution in [1.29, 1.82) is 0 Å².